The first-order chi connectivity index (χ1) is 25.2. The first-order valence-electron chi connectivity index (χ1n) is 19.8. The fraction of sp³-hybridized carbons (Fsp3) is 0.900. The molecule has 4 heterocycles. The summed E-state index contributed by atoms with van der Waals surface area (Å²) in [6.07, 6.45) is 20.2. The molecule has 4 aliphatic rings. The van der Waals surface area contributed by atoms with Crippen LogP contribution in [0, 0.1) is 0 Å². The van der Waals surface area contributed by atoms with Gasteiger partial charge >= 0.3 is 0 Å². The monoisotopic (exact) mass is 1070 g/mol. The summed E-state index contributed by atoms with van der Waals surface area (Å²) in [4.78, 5) is 0.0822. The molecular weight excluding hydrogens is 994 g/mol. The Bertz CT molecular complexity index is 1160. The van der Waals surface area contributed by atoms with Gasteiger partial charge in [0.2, 0.25) is 0 Å². The van der Waals surface area contributed by atoms with Crippen LogP contribution >= 0.6 is 77.7 Å². The van der Waals surface area contributed by atoms with E-state index in [2.05, 4.69) is 117 Å². The molecule has 0 bridgehead atoms. The number of hydrogen-bond acceptors (Lipinski definition) is 8. The van der Waals surface area contributed by atoms with Crippen molar-refractivity contribution in [2.24, 2.45) is 0 Å². The Kier molecular flexibility index (Phi) is 24.5. The number of halogens is 4. The summed E-state index contributed by atoms with van der Waals surface area (Å²) in [6.45, 7) is 21.0. The van der Waals surface area contributed by atoms with Gasteiger partial charge in [0, 0.05) is 0 Å². The SMILES string of the molecule is C=P(C)(C)CCC1OC(C)[C@H](Br)[C@@H]1O.C=P(C)(C)CCC1OC(C)[C@H](Cl)[C@@H]1O.C=P(C)(C)CCC1OC(C)[C@H](F)[C@@H]1O.C=P(C)(C)CCC1OC(C)[C@H](I)[C@@H]1O. The van der Waals surface area contributed by atoms with Crippen molar-refractivity contribution < 1.29 is 43.8 Å². The maximum atomic E-state index is 13.2. The summed E-state index contributed by atoms with van der Waals surface area (Å²) in [5.74, 6) is 0. The molecule has 336 valence electrons. The molecule has 4 rings (SSSR count). The van der Waals surface area contributed by atoms with Crippen LogP contribution in [0.5, 0.6) is 0 Å². The third kappa shape index (κ3) is 21.1. The number of alkyl halides is 4. The summed E-state index contributed by atoms with van der Waals surface area (Å²) >= 11 is 11.7. The first-order valence-corrected chi connectivity index (χ1v) is 34.7. The van der Waals surface area contributed by atoms with Crippen molar-refractivity contribution in [3.63, 3.8) is 0 Å². The standard InChI is InChI=1S/C10H20BrO2P.C10H20ClO2P.C10H20FO2P.C10H20IO2P/c4*1-7-9(11)10(12)8(13-7)5-6-14(2,3)4/h4*7-10,12H,2,5-6H2,1,3-4H3/t4*7?,8?,9-,10+/m0000/s1. The molecule has 4 N–H and O–H groups in total. The van der Waals surface area contributed by atoms with Crippen molar-refractivity contribution in [2.75, 3.05) is 78.0 Å². The number of rotatable bonds is 12. The van der Waals surface area contributed by atoms with E-state index in [9.17, 15) is 24.8 Å². The zero-order valence-electron chi connectivity index (χ0n) is 36.4. The minimum absolute atomic E-state index is 0.00426. The minimum Gasteiger partial charge on any atom is -0.389 e. The highest BCUT2D eigenvalue weighted by Crippen LogP contribution is 2.41. The van der Waals surface area contributed by atoms with Crippen molar-refractivity contribution in [3.8, 4) is 0 Å². The largest absolute Gasteiger partial charge is 0.389 e. The van der Waals surface area contributed by atoms with Crippen molar-refractivity contribution in [1.82, 2.24) is 0 Å². The van der Waals surface area contributed by atoms with E-state index in [4.69, 9.17) is 30.5 Å². The van der Waals surface area contributed by atoms with Gasteiger partial charge in [-0.3, -0.25) is 0 Å². The second kappa shape index (κ2) is 24.4. The van der Waals surface area contributed by atoms with E-state index < -0.39 is 52.0 Å². The van der Waals surface area contributed by atoms with Gasteiger partial charge in [0.15, 0.2) is 6.17 Å². The number of aliphatic hydroxyl groups excluding tert-OH is 4. The first kappa shape index (κ1) is 56.3. The Hall–Kier alpha value is 2.31. The highest BCUT2D eigenvalue weighted by atomic mass is 127. The van der Waals surface area contributed by atoms with E-state index in [0.717, 1.165) is 50.3 Å². The molecule has 0 aliphatic carbocycles. The molecule has 4 fully saturated rings. The summed E-state index contributed by atoms with van der Waals surface area (Å²) in [5, 5.41) is 38.7. The second-order valence-corrected chi connectivity index (χ2v) is 39.3. The minimum atomic E-state index is -1.23. The molecule has 0 spiro atoms. The van der Waals surface area contributed by atoms with Crippen LogP contribution < -0.4 is 0 Å². The number of hydrogen-bond donors (Lipinski definition) is 4. The van der Waals surface area contributed by atoms with Crippen LogP contribution in [0.1, 0.15) is 53.4 Å². The van der Waals surface area contributed by atoms with E-state index in [1.165, 1.54) is 0 Å². The van der Waals surface area contributed by atoms with Crippen LogP contribution in [-0.4, -0.2) is 217 Å². The van der Waals surface area contributed by atoms with Crippen molar-refractivity contribution in [1.29, 1.82) is 0 Å². The molecule has 16 atom stereocenters. The zero-order valence-corrected chi connectivity index (χ0v) is 44.5. The Morgan fingerprint density at radius 1 is 0.536 bits per heavy atom. The van der Waals surface area contributed by atoms with Gasteiger partial charge in [-0.1, -0.05) is 38.5 Å². The number of aliphatic hydroxyl groups is 4. The predicted molar refractivity (Wildman–Crippen MR) is 268 cm³/mol. The van der Waals surface area contributed by atoms with Crippen molar-refractivity contribution in [3.05, 3.63) is 0 Å². The van der Waals surface area contributed by atoms with Gasteiger partial charge < -0.3 is 39.4 Å². The van der Waals surface area contributed by atoms with Crippen molar-refractivity contribution >= 4 is 103 Å². The van der Waals surface area contributed by atoms with Gasteiger partial charge in [-0.2, -0.15) is 0 Å². The summed E-state index contributed by atoms with van der Waals surface area (Å²) in [5.41, 5.74) is 0. The Balaban J connectivity index is 0.000000373. The molecule has 0 radical (unpaired) electrons. The summed E-state index contributed by atoms with van der Waals surface area (Å²) in [7, 11) is 0. The van der Waals surface area contributed by atoms with Crippen LogP contribution in [0.25, 0.3) is 0 Å². The van der Waals surface area contributed by atoms with Crippen molar-refractivity contribution in [2.45, 2.75) is 147 Å². The van der Waals surface area contributed by atoms with Gasteiger partial charge in [0.05, 0.1) is 81.3 Å². The highest BCUT2D eigenvalue weighted by molar-refractivity contribution is 14.1. The molecule has 8 unspecified atom stereocenters. The van der Waals surface area contributed by atoms with Gasteiger partial charge in [0.25, 0.3) is 0 Å². The quantitative estimate of drug-likeness (QED) is 0.0906. The molecule has 0 aromatic rings. The average Bonchev–Trinajstić information content (AvgIpc) is 3.66. The average molecular weight is 1070 g/mol. The Morgan fingerprint density at radius 2 is 0.839 bits per heavy atom. The smallest absolute Gasteiger partial charge is 0.154 e. The Morgan fingerprint density at radius 3 is 1.09 bits per heavy atom. The normalized spacial score (nSPS) is 38.9. The fourth-order valence-corrected chi connectivity index (χ4v) is 11.7. The zero-order chi connectivity index (χ0) is 43.7. The lowest BCUT2D eigenvalue weighted by atomic mass is 10.1. The van der Waals surface area contributed by atoms with Gasteiger partial charge in [-0.15, -0.1) is 64.3 Å². The lowest BCUT2D eigenvalue weighted by Gasteiger charge is -2.18. The molecule has 8 nitrogen and oxygen atoms in total. The molecule has 0 aromatic heterocycles. The predicted octanol–water partition coefficient (Wildman–Crippen LogP) is 7.45. The van der Waals surface area contributed by atoms with E-state index in [0.29, 0.717) is 0 Å². The van der Waals surface area contributed by atoms with E-state index >= 15 is 0 Å². The summed E-state index contributed by atoms with van der Waals surface area (Å²) in [6, 6.07) is 0. The topological polar surface area (TPSA) is 118 Å². The molecular formula is C40H80BrClFIO8P4. The molecule has 4 saturated heterocycles. The van der Waals surface area contributed by atoms with Crippen LogP contribution in [0.3, 0.4) is 0 Å². The van der Waals surface area contributed by atoms with Gasteiger partial charge in [-0.05, 0) is 131 Å². The maximum absolute atomic E-state index is 13.2. The molecule has 0 aromatic carbocycles. The fourth-order valence-electron chi connectivity index (χ4n) is 6.52. The van der Waals surface area contributed by atoms with Crippen LogP contribution in [0.15, 0.2) is 0 Å². The van der Waals surface area contributed by atoms with Crippen LogP contribution in [0.2, 0.25) is 0 Å². The molecule has 0 saturated carbocycles. The van der Waals surface area contributed by atoms with Crippen LogP contribution in [-0.2, 0) is 18.9 Å². The number of ether oxygens (including phenoxy) is 4. The third-order valence-corrected chi connectivity index (χ3v) is 19.8. The highest BCUT2D eigenvalue weighted by Gasteiger charge is 2.42. The molecule has 0 amide bonds. The maximum Gasteiger partial charge on any atom is 0.154 e. The van der Waals surface area contributed by atoms with E-state index in [-0.39, 0.29) is 69.1 Å². The van der Waals surface area contributed by atoms with Gasteiger partial charge in [0.1, 0.15) is 6.10 Å². The third-order valence-electron chi connectivity index (χ3n) is 10.3. The van der Waals surface area contributed by atoms with E-state index in [1.807, 2.05) is 20.8 Å². The molecule has 16 heteroatoms. The second-order valence-electron chi connectivity index (χ2n) is 19.1. The lowest BCUT2D eigenvalue weighted by Crippen LogP contribution is -2.28. The lowest BCUT2D eigenvalue weighted by molar-refractivity contribution is 0.0150. The van der Waals surface area contributed by atoms with Crippen LogP contribution in [0.4, 0.5) is 4.39 Å². The molecule has 56 heavy (non-hydrogen) atoms. The summed E-state index contributed by atoms with van der Waals surface area (Å²) < 4.78 is 35.8. The molecule has 4 aliphatic heterocycles. The van der Waals surface area contributed by atoms with Gasteiger partial charge in [-0.25, -0.2) is 4.39 Å². The van der Waals surface area contributed by atoms with E-state index in [1.54, 1.807) is 6.92 Å². The Labute approximate surface area is 369 Å².